The van der Waals surface area contributed by atoms with Gasteiger partial charge in [0.05, 0.1) is 6.26 Å². The predicted molar refractivity (Wildman–Crippen MR) is 71.7 cm³/mol. The molecule has 1 N–H and O–H groups in total. The molecular weight excluding hydrogens is 256 g/mol. The minimum atomic E-state index is 0.261. The number of aromatic nitrogens is 2. The van der Waals surface area contributed by atoms with Crippen molar-refractivity contribution in [2.45, 2.75) is 6.42 Å². The monoisotopic (exact) mass is 268 g/mol. The second-order valence-electron chi connectivity index (χ2n) is 4.55. The summed E-state index contributed by atoms with van der Waals surface area (Å²) >= 11 is 0. The Kier molecular flexibility index (Phi) is 2.48. The van der Waals surface area contributed by atoms with E-state index in [1.165, 1.54) is 0 Å². The van der Waals surface area contributed by atoms with Gasteiger partial charge in [-0.1, -0.05) is 0 Å². The Labute approximate surface area is 115 Å². The van der Waals surface area contributed by atoms with Crippen LogP contribution in [0, 0.1) is 0 Å². The summed E-state index contributed by atoms with van der Waals surface area (Å²) in [5.41, 5.74) is 2.08. The minimum Gasteiger partial charge on any atom is -0.464 e. The maximum Gasteiger partial charge on any atom is 0.231 e. The molecule has 0 radical (unpaired) electrons. The molecule has 2 aromatic heterocycles. The predicted octanol–water partition coefficient (Wildman–Crippen LogP) is 2.99. The molecule has 0 unspecified atom stereocenters. The number of fused-ring (bicyclic) bond motifs is 1. The molecule has 1 aromatic carbocycles. The summed E-state index contributed by atoms with van der Waals surface area (Å²) in [5.74, 6) is 3.22. The second kappa shape index (κ2) is 4.45. The fraction of sp³-hybridized carbons (Fsp3) is 0.133. The lowest BCUT2D eigenvalue weighted by molar-refractivity contribution is 0.174. The van der Waals surface area contributed by atoms with E-state index in [-0.39, 0.29) is 6.79 Å². The number of nitrogens with zero attached hydrogens (tertiary/aromatic N) is 1. The Balaban J connectivity index is 1.83. The highest BCUT2D eigenvalue weighted by Gasteiger charge is 2.19. The Morgan fingerprint density at radius 3 is 2.85 bits per heavy atom. The van der Waals surface area contributed by atoms with E-state index in [1.807, 2.05) is 30.5 Å². The second-order valence-corrected chi connectivity index (χ2v) is 4.55. The highest BCUT2D eigenvalue weighted by Crippen LogP contribution is 2.39. The summed E-state index contributed by atoms with van der Waals surface area (Å²) in [6, 6.07) is 7.75. The fourth-order valence-corrected chi connectivity index (χ4v) is 2.37. The molecule has 3 aromatic rings. The third-order valence-corrected chi connectivity index (χ3v) is 3.30. The largest absolute Gasteiger partial charge is 0.464 e. The van der Waals surface area contributed by atoms with E-state index >= 15 is 0 Å². The quantitative estimate of drug-likeness (QED) is 0.793. The third kappa shape index (κ3) is 1.84. The Morgan fingerprint density at radius 1 is 1.20 bits per heavy atom. The van der Waals surface area contributed by atoms with Crippen LogP contribution in [0.1, 0.15) is 11.4 Å². The van der Waals surface area contributed by atoms with Crippen molar-refractivity contribution in [3.05, 3.63) is 54.3 Å². The van der Waals surface area contributed by atoms with Crippen LogP contribution in [0.5, 0.6) is 11.5 Å². The summed E-state index contributed by atoms with van der Waals surface area (Å²) in [6.07, 6.45) is 5.90. The number of hydrogen-bond acceptors (Lipinski definition) is 4. The molecule has 0 amide bonds. The smallest absolute Gasteiger partial charge is 0.231 e. The zero-order chi connectivity index (χ0) is 13.4. The maximum atomic E-state index is 5.51. The molecule has 4 rings (SSSR count). The van der Waals surface area contributed by atoms with Gasteiger partial charge in [-0.05, 0) is 29.8 Å². The highest BCUT2D eigenvalue weighted by molar-refractivity contribution is 5.68. The standard InChI is InChI=1S/C15H12N2O3/c1-2-12(18-5-1)11-8-14-13(19-9-20-14)6-10(11)7-15-16-3-4-17-15/h1-6,8H,7,9H2,(H,16,17). The van der Waals surface area contributed by atoms with Gasteiger partial charge in [-0.15, -0.1) is 0 Å². The lowest BCUT2D eigenvalue weighted by atomic mass is 10.0. The molecule has 0 atom stereocenters. The molecule has 0 aliphatic carbocycles. The minimum absolute atomic E-state index is 0.261. The molecular formula is C15H12N2O3. The van der Waals surface area contributed by atoms with Crippen LogP contribution in [0.4, 0.5) is 0 Å². The van der Waals surface area contributed by atoms with Crippen LogP contribution in [0.3, 0.4) is 0 Å². The Hall–Kier alpha value is -2.69. The highest BCUT2D eigenvalue weighted by atomic mass is 16.7. The van der Waals surface area contributed by atoms with E-state index in [0.717, 1.165) is 34.2 Å². The number of aromatic amines is 1. The molecule has 3 heterocycles. The van der Waals surface area contributed by atoms with E-state index in [1.54, 1.807) is 12.5 Å². The SMILES string of the molecule is c1coc(-c2cc3c(cc2Cc2ncc[nH]2)OCO3)c1. The van der Waals surface area contributed by atoms with Gasteiger partial charge in [-0.3, -0.25) is 0 Å². The molecule has 100 valence electrons. The first kappa shape index (κ1) is 11.2. The van der Waals surface area contributed by atoms with E-state index in [2.05, 4.69) is 9.97 Å². The molecule has 1 aliphatic heterocycles. The van der Waals surface area contributed by atoms with Crippen LogP contribution in [0.15, 0.2) is 47.3 Å². The van der Waals surface area contributed by atoms with Crippen LogP contribution in [0.2, 0.25) is 0 Å². The van der Waals surface area contributed by atoms with E-state index in [0.29, 0.717) is 6.42 Å². The van der Waals surface area contributed by atoms with E-state index in [9.17, 15) is 0 Å². The van der Waals surface area contributed by atoms with Crippen molar-refractivity contribution in [3.63, 3.8) is 0 Å². The van der Waals surface area contributed by atoms with Crippen molar-refractivity contribution in [2.75, 3.05) is 6.79 Å². The van der Waals surface area contributed by atoms with E-state index in [4.69, 9.17) is 13.9 Å². The lowest BCUT2D eigenvalue weighted by Gasteiger charge is -2.08. The number of nitrogens with one attached hydrogen (secondary N) is 1. The summed E-state index contributed by atoms with van der Waals surface area (Å²) < 4.78 is 16.4. The Bertz CT molecular complexity index is 718. The summed E-state index contributed by atoms with van der Waals surface area (Å²) in [7, 11) is 0. The molecule has 5 nitrogen and oxygen atoms in total. The zero-order valence-corrected chi connectivity index (χ0v) is 10.6. The van der Waals surface area contributed by atoms with Crippen molar-refractivity contribution in [1.29, 1.82) is 0 Å². The zero-order valence-electron chi connectivity index (χ0n) is 10.6. The number of ether oxygens (including phenoxy) is 2. The number of furan rings is 1. The average Bonchev–Trinajstić information content (AvgIpc) is 3.20. The van der Waals surface area contributed by atoms with Crippen LogP contribution < -0.4 is 9.47 Å². The molecule has 0 saturated heterocycles. The lowest BCUT2D eigenvalue weighted by Crippen LogP contribution is -1.94. The summed E-state index contributed by atoms with van der Waals surface area (Å²) in [5, 5.41) is 0. The van der Waals surface area contributed by atoms with Gasteiger partial charge in [0.2, 0.25) is 6.79 Å². The topological polar surface area (TPSA) is 60.3 Å². The number of rotatable bonds is 3. The average molecular weight is 268 g/mol. The third-order valence-electron chi connectivity index (χ3n) is 3.30. The van der Waals surface area contributed by atoms with Gasteiger partial charge in [0.15, 0.2) is 11.5 Å². The van der Waals surface area contributed by atoms with Gasteiger partial charge in [0.1, 0.15) is 11.6 Å². The van der Waals surface area contributed by atoms with Gasteiger partial charge < -0.3 is 18.9 Å². The molecule has 0 bridgehead atoms. The molecule has 0 saturated carbocycles. The van der Waals surface area contributed by atoms with Gasteiger partial charge in [-0.2, -0.15) is 0 Å². The van der Waals surface area contributed by atoms with Crippen molar-refractivity contribution in [1.82, 2.24) is 9.97 Å². The normalized spacial score (nSPS) is 12.8. The molecule has 0 spiro atoms. The van der Waals surface area contributed by atoms with Crippen molar-refractivity contribution in [2.24, 2.45) is 0 Å². The van der Waals surface area contributed by atoms with Crippen molar-refractivity contribution in [3.8, 4) is 22.8 Å². The van der Waals surface area contributed by atoms with Gasteiger partial charge in [-0.25, -0.2) is 4.98 Å². The number of hydrogen-bond donors (Lipinski definition) is 1. The molecule has 1 aliphatic rings. The molecule has 0 fully saturated rings. The maximum absolute atomic E-state index is 5.51. The van der Waals surface area contributed by atoms with Crippen LogP contribution in [0.25, 0.3) is 11.3 Å². The van der Waals surface area contributed by atoms with E-state index < -0.39 is 0 Å². The van der Waals surface area contributed by atoms with Crippen LogP contribution >= 0.6 is 0 Å². The fourth-order valence-electron chi connectivity index (χ4n) is 2.37. The van der Waals surface area contributed by atoms with Gasteiger partial charge >= 0.3 is 0 Å². The van der Waals surface area contributed by atoms with Crippen LogP contribution in [-0.4, -0.2) is 16.8 Å². The first-order valence-corrected chi connectivity index (χ1v) is 6.35. The van der Waals surface area contributed by atoms with Crippen molar-refractivity contribution < 1.29 is 13.9 Å². The summed E-state index contributed by atoms with van der Waals surface area (Å²) in [4.78, 5) is 7.38. The number of H-pyrrole nitrogens is 1. The number of benzene rings is 1. The molecule has 5 heteroatoms. The molecule has 20 heavy (non-hydrogen) atoms. The van der Waals surface area contributed by atoms with Crippen molar-refractivity contribution >= 4 is 0 Å². The Morgan fingerprint density at radius 2 is 2.10 bits per heavy atom. The van der Waals surface area contributed by atoms with Crippen LogP contribution in [-0.2, 0) is 6.42 Å². The first-order chi connectivity index (χ1) is 9.90. The first-order valence-electron chi connectivity index (χ1n) is 6.35. The number of imidazole rings is 1. The van der Waals surface area contributed by atoms with Gasteiger partial charge in [0, 0.05) is 24.4 Å². The summed E-state index contributed by atoms with van der Waals surface area (Å²) in [6.45, 7) is 0.261. The van der Waals surface area contributed by atoms with Gasteiger partial charge in [0.25, 0.3) is 0 Å².